The third-order valence-corrected chi connectivity index (χ3v) is 4.31. The number of carbonyl (C=O) groups excluding carboxylic acids is 1. The predicted molar refractivity (Wildman–Crippen MR) is 80.7 cm³/mol. The number of ketones is 1. The van der Waals surface area contributed by atoms with Gasteiger partial charge in [-0.05, 0) is 39.6 Å². The molecular weight excluding hydrogens is 362 g/mol. The van der Waals surface area contributed by atoms with E-state index in [9.17, 15) is 13.6 Å². The maximum atomic E-state index is 13.9. The zero-order valence-corrected chi connectivity index (χ0v) is 14.1. The highest BCUT2D eigenvalue weighted by Gasteiger charge is 2.27. The van der Waals surface area contributed by atoms with E-state index in [1.807, 2.05) is 20.8 Å². The average Bonchev–Trinajstić information content (AvgIpc) is 2.88. The van der Waals surface area contributed by atoms with Crippen LogP contribution in [0.2, 0.25) is 0 Å². The van der Waals surface area contributed by atoms with Crippen LogP contribution in [0, 0.1) is 11.6 Å². The van der Waals surface area contributed by atoms with Gasteiger partial charge in [0, 0.05) is 17.4 Å². The van der Waals surface area contributed by atoms with Crippen molar-refractivity contribution in [2.75, 3.05) is 0 Å². The second-order valence-electron chi connectivity index (χ2n) is 5.62. The van der Waals surface area contributed by atoms with Gasteiger partial charge in [0.2, 0.25) is 0 Å². The van der Waals surface area contributed by atoms with Crippen LogP contribution in [0.4, 0.5) is 8.78 Å². The van der Waals surface area contributed by atoms with Crippen molar-refractivity contribution in [2.24, 2.45) is 0 Å². The Hall–Kier alpha value is -1.21. The topological polar surface area (TPSA) is 42.9 Å². The van der Waals surface area contributed by atoms with Crippen LogP contribution in [0.25, 0.3) is 0 Å². The van der Waals surface area contributed by atoms with Gasteiger partial charge in [0.1, 0.15) is 16.5 Å². The first-order valence-corrected chi connectivity index (χ1v) is 7.77. The molecule has 1 aromatic heterocycles. The van der Waals surface area contributed by atoms with E-state index in [2.05, 4.69) is 25.5 Å². The van der Waals surface area contributed by atoms with Gasteiger partial charge in [0.25, 0.3) is 0 Å². The predicted octanol–water partition coefficient (Wildman–Crippen LogP) is 4.30. The van der Waals surface area contributed by atoms with Gasteiger partial charge in [-0.3, -0.25) is 4.79 Å². The van der Waals surface area contributed by atoms with Gasteiger partial charge < -0.3 is 0 Å². The van der Waals surface area contributed by atoms with Crippen molar-refractivity contribution in [1.29, 1.82) is 0 Å². The number of halogens is 3. The summed E-state index contributed by atoms with van der Waals surface area (Å²) < 4.78 is 31.6. The summed E-state index contributed by atoms with van der Waals surface area (Å²) in [4.78, 5) is 12.7. The highest BCUT2D eigenvalue weighted by atomic mass is 79.9. The van der Waals surface area contributed by atoms with Crippen molar-refractivity contribution in [3.63, 3.8) is 0 Å². The van der Waals surface area contributed by atoms with Gasteiger partial charge in [-0.25, -0.2) is 8.78 Å². The molecule has 2 rings (SSSR count). The fraction of sp³-hybridized carbons (Fsp3) is 0.357. The van der Waals surface area contributed by atoms with E-state index < -0.39 is 11.6 Å². The van der Waals surface area contributed by atoms with E-state index in [0.717, 1.165) is 17.6 Å². The van der Waals surface area contributed by atoms with E-state index in [1.165, 1.54) is 6.07 Å². The van der Waals surface area contributed by atoms with Crippen molar-refractivity contribution in [1.82, 2.24) is 9.59 Å². The van der Waals surface area contributed by atoms with Crippen LogP contribution >= 0.6 is 27.5 Å². The third-order valence-electron chi connectivity index (χ3n) is 2.93. The number of benzene rings is 1. The van der Waals surface area contributed by atoms with Gasteiger partial charge in [0.15, 0.2) is 5.78 Å². The molecule has 21 heavy (non-hydrogen) atoms. The molecule has 0 aliphatic heterocycles. The molecule has 0 unspecified atom stereocenters. The molecule has 0 aliphatic carbocycles. The van der Waals surface area contributed by atoms with Crippen LogP contribution in [0.5, 0.6) is 0 Å². The van der Waals surface area contributed by atoms with Crippen LogP contribution in [0.3, 0.4) is 0 Å². The second-order valence-corrected chi connectivity index (χ2v) is 7.23. The number of carbonyl (C=O) groups is 1. The van der Waals surface area contributed by atoms with E-state index in [-0.39, 0.29) is 27.7 Å². The van der Waals surface area contributed by atoms with Gasteiger partial charge in [0.05, 0.1) is 10.2 Å². The van der Waals surface area contributed by atoms with Crippen molar-refractivity contribution >= 4 is 33.2 Å². The van der Waals surface area contributed by atoms with Crippen LogP contribution in [-0.2, 0) is 11.8 Å². The third kappa shape index (κ3) is 3.35. The molecule has 3 nitrogen and oxygen atoms in total. The molecule has 0 saturated heterocycles. The molecule has 0 radical (unpaired) electrons. The summed E-state index contributed by atoms with van der Waals surface area (Å²) in [5, 5.41) is 3.96. The Morgan fingerprint density at radius 3 is 2.62 bits per heavy atom. The Bertz CT molecular complexity index is 695. The van der Waals surface area contributed by atoms with Crippen LogP contribution in [0.15, 0.2) is 16.6 Å². The molecule has 0 saturated carbocycles. The molecule has 0 amide bonds. The molecule has 0 bridgehead atoms. The van der Waals surface area contributed by atoms with Crippen molar-refractivity contribution < 1.29 is 13.6 Å². The van der Waals surface area contributed by atoms with Crippen LogP contribution in [-0.4, -0.2) is 15.4 Å². The molecule has 7 heteroatoms. The second kappa shape index (κ2) is 5.88. The van der Waals surface area contributed by atoms with E-state index in [4.69, 9.17) is 0 Å². The molecule has 0 fully saturated rings. The zero-order valence-electron chi connectivity index (χ0n) is 11.7. The Morgan fingerprint density at radius 1 is 1.33 bits per heavy atom. The maximum Gasteiger partial charge on any atom is 0.180 e. The minimum atomic E-state index is -0.752. The fourth-order valence-electron chi connectivity index (χ4n) is 1.84. The van der Waals surface area contributed by atoms with E-state index >= 15 is 0 Å². The summed E-state index contributed by atoms with van der Waals surface area (Å²) in [5.74, 6) is -1.87. The molecule has 1 aromatic carbocycles. The van der Waals surface area contributed by atoms with Gasteiger partial charge >= 0.3 is 0 Å². The highest BCUT2D eigenvalue weighted by molar-refractivity contribution is 9.10. The number of hydrogen-bond donors (Lipinski definition) is 0. The number of rotatable bonds is 3. The summed E-state index contributed by atoms with van der Waals surface area (Å²) in [6.07, 6.45) is -0.357. The van der Waals surface area contributed by atoms with Crippen LogP contribution in [0.1, 0.15) is 41.7 Å². The number of hydrogen-bond acceptors (Lipinski definition) is 4. The standard InChI is InChI=1S/C14H13BrF2N2OS/c1-14(2,3)13-12(21-19-18-13)10(20)6-7-9(16)5-4-8(15)11(7)17/h4-5H,6H2,1-3H3. The number of aromatic nitrogens is 2. The smallest absolute Gasteiger partial charge is 0.180 e. The van der Waals surface area contributed by atoms with E-state index in [0.29, 0.717) is 10.6 Å². The fourth-order valence-corrected chi connectivity index (χ4v) is 3.02. The van der Waals surface area contributed by atoms with Gasteiger partial charge in [-0.15, -0.1) is 5.10 Å². The maximum absolute atomic E-state index is 13.9. The quantitative estimate of drug-likeness (QED) is 0.593. The van der Waals surface area contributed by atoms with Crippen molar-refractivity contribution in [3.8, 4) is 0 Å². The van der Waals surface area contributed by atoms with Crippen LogP contribution < -0.4 is 0 Å². The molecule has 0 atom stereocenters. The Morgan fingerprint density at radius 2 is 2.00 bits per heavy atom. The van der Waals surface area contributed by atoms with Crippen molar-refractivity contribution in [2.45, 2.75) is 32.6 Å². The summed E-state index contributed by atoms with van der Waals surface area (Å²) in [6.45, 7) is 5.71. The molecule has 112 valence electrons. The number of Topliss-reactive ketones (excluding diaryl/α,β-unsaturated/α-hetero) is 1. The first-order chi connectivity index (χ1) is 9.71. The van der Waals surface area contributed by atoms with Gasteiger partial charge in [-0.2, -0.15) is 0 Å². The minimum Gasteiger partial charge on any atom is -0.293 e. The highest BCUT2D eigenvalue weighted by Crippen LogP contribution is 2.28. The largest absolute Gasteiger partial charge is 0.293 e. The first kappa shape index (κ1) is 16.2. The Balaban J connectivity index is 2.36. The molecule has 0 aliphatic rings. The lowest BCUT2D eigenvalue weighted by Gasteiger charge is -2.16. The average molecular weight is 375 g/mol. The monoisotopic (exact) mass is 374 g/mol. The van der Waals surface area contributed by atoms with Crippen molar-refractivity contribution in [3.05, 3.63) is 44.4 Å². The normalized spacial score (nSPS) is 11.7. The molecule has 0 spiro atoms. The lowest BCUT2D eigenvalue weighted by molar-refractivity contribution is 0.0992. The lowest BCUT2D eigenvalue weighted by atomic mass is 9.90. The lowest BCUT2D eigenvalue weighted by Crippen LogP contribution is -2.17. The summed E-state index contributed by atoms with van der Waals surface area (Å²) in [5.41, 5.74) is -0.0530. The molecule has 0 N–H and O–H groups in total. The summed E-state index contributed by atoms with van der Waals surface area (Å²) in [6, 6.07) is 2.40. The first-order valence-electron chi connectivity index (χ1n) is 6.20. The van der Waals surface area contributed by atoms with E-state index in [1.54, 1.807) is 0 Å². The van der Waals surface area contributed by atoms with Gasteiger partial charge in [-0.1, -0.05) is 25.3 Å². The minimum absolute atomic E-state index is 0.130. The Kier molecular flexibility index (Phi) is 4.53. The molecule has 1 heterocycles. The summed E-state index contributed by atoms with van der Waals surface area (Å²) >= 11 is 3.94. The molecule has 2 aromatic rings. The summed E-state index contributed by atoms with van der Waals surface area (Å²) in [7, 11) is 0. The Labute approximate surface area is 133 Å². The zero-order chi connectivity index (χ0) is 15.8. The SMILES string of the molecule is CC(C)(C)c1nnsc1C(=O)Cc1c(F)ccc(Br)c1F. The molecular formula is C14H13BrF2N2OS. The number of nitrogens with zero attached hydrogens (tertiary/aromatic N) is 2.